The van der Waals surface area contributed by atoms with Crippen LogP contribution in [0.1, 0.15) is 13.3 Å². The number of hydrogen-bond acceptors (Lipinski definition) is 7. The maximum absolute atomic E-state index is 12.0. The van der Waals surface area contributed by atoms with Gasteiger partial charge in [-0.3, -0.25) is 19.2 Å². The predicted octanol–water partition coefficient (Wildman–Crippen LogP) is -2.68. The molecule has 11 nitrogen and oxygen atoms in total. The minimum absolute atomic E-state index is 0.140. The summed E-state index contributed by atoms with van der Waals surface area (Å²) in [4.78, 5) is 44.9. The lowest BCUT2D eigenvalue weighted by Gasteiger charge is -2.19. The molecule has 1 heterocycles. The van der Waals surface area contributed by atoms with Crippen molar-refractivity contribution in [3.8, 4) is 0 Å². The number of carboxylic acid groups (broad SMARTS) is 1. The molecule has 22 heavy (non-hydrogen) atoms. The van der Waals surface area contributed by atoms with Gasteiger partial charge in [0, 0.05) is 6.42 Å². The number of nitrogens with one attached hydrogen (secondary N) is 3. The van der Waals surface area contributed by atoms with E-state index in [2.05, 4.69) is 26.2 Å². The van der Waals surface area contributed by atoms with E-state index in [0.717, 1.165) is 0 Å². The van der Waals surface area contributed by atoms with Crippen molar-refractivity contribution in [2.45, 2.75) is 25.0 Å². The molecule has 0 aromatic carbocycles. The van der Waals surface area contributed by atoms with Gasteiger partial charge in [0.25, 0.3) is 0 Å². The van der Waals surface area contributed by atoms with Crippen molar-refractivity contribution in [3.63, 3.8) is 0 Å². The summed E-state index contributed by atoms with van der Waals surface area (Å²) < 4.78 is 0. The van der Waals surface area contributed by atoms with Gasteiger partial charge in [0.15, 0.2) is 5.66 Å². The summed E-state index contributed by atoms with van der Waals surface area (Å²) in [5.74, 6) is -2.99. The molecule has 1 aliphatic heterocycles. The van der Waals surface area contributed by atoms with Crippen molar-refractivity contribution in [2.24, 2.45) is 16.0 Å². The van der Waals surface area contributed by atoms with E-state index in [4.69, 9.17) is 10.8 Å². The van der Waals surface area contributed by atoms with E-state index in [9.17, 15) is 19.2 Å². The molecule has 1 rings (SSSR count). The molecule has 11 heteroatoms. The normalized spacial score (nSPS) is 15.5. The first-order chi connectivity index (χ1) is 10.3. The van der Waals surface area contributed by atoms with Gasteiger partial charge in [0.05, 0.1) is 13.1 Å². The SMILES string of the molecule is CC1(C[C@H](NC(=O)CN)C(=O)NCC(=O)NCC(=O)O)N=N1. The number of nitrogens with two attached hydrogens (primary N) is 1. The van der Waals surface area contributed by atoms with Crippen LogP contribution in [-0.4, -0.2) is 60.1 Å². The first-order valence-corrected chi connectivity index (χ1v) is 6.45. The van der Waals surface area contributed by atoms with Crippen LogP contribution in [0.5, 0.6) is 0 Å². The fourth-order valence-corrected chi connectivity index (χ4v) is 1.54. The summed E-state index contributed by atoms with van der Waals surface area (Å²) in [5.41, 5.74) is 4.45. The van der Waals surface area contributed by atoms with Gasteiger partial charge in [0.1, 0.15) is 12.6 Å². The highest BCUT2D eigenvalue weighted by Crippen LogP contribution is 2.32. The zero-order chi connectivity index (χ0) is 16.8. The molecule has 0 aromatic heterocycles. The zero-order valence-electron chi connectivity index (χ0n) is 12.0. The Bertz CT molecular complexity index is 499. The molecule has 3 amide bonds. The third-order valence-corrected chi connectivity index (χ3v) is 2.73. The summed E-state index contributed by atoms with van der Waals surface area (Å²) in [6.07, 6.45) is 0.140. The molecule has 1 atom stereocenters. The van der Waals surface area contributed by atoms with Crippen molar-refractivity contribution >= 4 is 23.7 Å². The second-order valence-corrected chi connectivity index (χ2v) is 4.83. The van der Waals surface area contributed by atoms with E-state index in [-0.39, 0.29) is 13.0 Å². The van der Waals surface area contributed by atoms with Crippen LogP contribution in [0.3, 0.4) is 0 Å². The molecule has 0 radical (unpaired) electrons. The van der Waals surface area contributed by atoms with Gasteiger partial charge >= 0.3 is 5.97 Å². The number of carbonyl (C=O) groups is 4. The number of rotatable bonds is 9. The molecule has 0 aromatic rings. The van der Waals surface area contributed by atoms with Gasteiger partial charge in [-0.2, -0.15) is 10.2 Å². The van der Waals surface area contributed by atoms with Crippen LogP contribution in [0.2, 0.25) is 0 Å². The third kappa shape index (κ3) is 6.26. The first kappa shape index (κ1) is 17.5. The largest absolute Gasteiger partial charge is 0.480 e. The summed E-state index contributed by atoms with van der Waals surface area (Å²) in [5, 5.41) is 22.7. The molecule has 0 bridgehead atoms. The topological polar surface area (TPSA) is 175 Å². The molecule has 0 unspecified atom stereocenters. The van der Waals surface area contributed by atoms with E-state index in [1.165, 1.54) is 0 Å². The molecular weight excluding hydrogens is 296 g/mol. The fourth-order valence-electron chi connectivity index (χ4n) is 1.54. The monoisotopic (exact) mass is 314 g/mol. The van der Waals surface area contributed by atoms with Gasteiger partial charge in [0.2, 0.25) is 17.7 Å². The predicted molar refractivity (Wildman–Crippen MR) is 72.5 cm³/mol. The van der Waals surface area contributed by atoms with E-state index in [0.29, 0.717) is 0 Å². The van der Waals surface area contributed by atoms with Crippen LogP contribution >= 0.6 is 0 Å². The van der Waals surface area contributed by atoms with Crippen LogP contribution < -0.4 is 21.7 Å². The average molecular weight is 314 g/mol. The zero-order valence-corrected chi connectivity index (χ0v) is 12.0. The number of nitrogens with zero attached hydrogens (tertiary/aromatic N) is 2. The van der Waals surface area contributed by atoms with Crippen LogP contribution in [0.4, 0.5) is 0 Å². The van der Waals surface area contributed by atoms with Crippen molar-refractivity contribution in [1.82, 2.24) is 16.0 Å². The first-order valence-electron chi connectivity index (χ1n) is 6.45. The number of aliphatic carboxylic acids is 1. The second-order valence-electron chi connectivity index (χ2n) is 4.83. The summed E-state index contributed by atoms with van der Waals surface area (Å²) in [7, 11) is 0. The Morgan fingerprint density at radius 3 is 2.27 bits per heavy atom. The number of hydrogen-bond donors (Lipinski definition) is 5. The number of amides is 3. The molecule has 0 saturated heterocycles. The number of carbonyl (C=O) groups excluding carboxylic acids is 3. The van der Waals surface area contributed by atoms with Gasteiger partial charge < -0.3 is 26.8 Å². The maximum Gasteiger partial charge on any atom is 0.322 e. The minimum Gasteiger partial charge on any atom is -0.480 e. The van der Waals surface area contributed by atoms with Crippen LogP contribution in [0.15, 0.2) is 10.2 Å². The Morgan fingerprint density at radius 1 is 1.14 bits per heavy atom. The molecule has 0 saturated carbocycles. The molecule has 6 N–H and O–H groups in total. The van der Waals surface area contributed by atoms with Gasteiger partial charge in [-0.15, -0.1) is 0 Å². The van der Waals surface area contributed by atoms with Crippen molar-refractivity contribution < 1.29 is 24.3 Å². The van der Waals surface area contributed by atoms with E-state index >= 15 is 0 Å². The molecule has 0 spiro atoms. The summed E-state index contributed by atoms with van der Waals surface area (Å²) in [6, 6.07) is -0.941. The average Bonchev–Trinajstić information content (AvgIpc) is 3.18. The highest BCUT2D eigenvalue weighted by molar-refractivity contribution is 5.91. The Labute approximate surface area is 125 Å². The Hall–Kier alpha value is -2.56. The van der Waals surface area contributed by atoms with Crippen molar-refractivity contribution in [3.05, 3.63) is 0 Å². The Balaban J connectivity index is 2.46. The highest BCUT2D eigenvalue weighted by Gasteiger charge is 2.39. The summed E-state index contributed by atoms with van der Waals surface area (Å²) >= 11 is 0. The second kappa shape index (κ2) is 7.45. The number of carboxylic acids is 1. The van der Waals surface area contributed by atoms with E-state index in [1.807, 2.05) is 0 Å². The van der Waals surface area contributed by atoms with Gasteiger partial charge in [-0.05, 0) is 6.92 Å². The molecule has 0 aliphatic carbocycles. The Kier molecular flexibility index (Phi) is 5.92. The minimum atomic E-state index is -1.20. The van der Waals surface area contributed by atoms with Crippen LogP contribution in [0.25, 0.3) is 0 Å². The lowest BCUT2D eigenvalue weighted by molar-refractivity contribution is -0.138. The molecule has 122 valence electrons. The van der Waals surface area contributed by atoms with E-state index < -0.39 is 48.5 Å². The fraction of sp³-hybridized carbons (Fsp3) is 0.636. The smallest absolute Gasteiger partial charge is 0.322 e. The molecule has 0 fully saturated rings. The summed E-state index contributed by atoms with van der Waals surface area (Å²) in [6.45, 7) is 0.444. The van der Waals surface area contributed by atoms with Gasteiger partial charge in [-0.1, -0.05) is 0 Å². The molecular formula is C11H18N6O5. The maximum atomic E-state index is 12.0. The molecule has 1 aliphatic rings. The van der Waals surface area contributed by atoms with Gasteiger partial charge in [-0.25, -0.2) is 0 Å². The quantitative estimate of drug-likeness (QED) is 0.310. The standard InChI is InChI=1S/C11H18N6O5/c1-11(16-17-11)2-6(15-7(18)3-12)10(22)14-4-8(19)13-5-9(20)21/h6H,2-5,12H2,1H3,(H,13,19)(H,14,22)(H,15,18)(H,20,21)/t6-/m0/s1. The Morgan fingerprint density at radius 2 is 1.77 bits per heavy atom. The van der Waals surface area contributed by atoms with Crippen molar-refractivity contribution in [1.29, 1.82) is 0 Å². The van der Waals surface area contributed by atoms with E-state index in [1.54, 1.807) is 6.92 Å². The van der Waals surface area contributed by atoms with Crippen molar-refractivity contribution in [2.75, 3.05) is 19.6 Å². The highest BCUT2D eigenvalue weighted by atomic mass is 16.4. The lowest BCUT2D eigenvalue weighted by Crippen LogP contribution is -2.51. The van der Waals surface area contributed by atoms with Crippen LogP contribution in [-0.2, 0) is 19.2 Å². The van der Waals surface area contributed by atoms with Crippen LogP contribution in [0, 0.1) is 0 Å². The lowest BCUT2D eigenvalue weighted by atomic mass is 10.0. The third-order valence-electron chi connectivity index (χ3n) is 2.73.